The van der Waals surface area contributed by atoms with E-state index in [9.17, 15) is 27.2 Å². The lowest BCUT2D eigenvalue weighted by Crippen LogP contribution is -2.45. The summed E-state index contributed by atoms with van der Waals surface area (Å²) in [6.07, 6.45) is -0.297. The lowest BCUT2D eigenvalue weighted by Gasteiger charge is -2.31. The van der Waals surface area contributed by atoms with Crippen LogP contribution in [0.1, 0.15) is 36.0 Å². The second-order valence-electron chi connectivity index (χ2n) is 5.74. The fourth-order valence-electron chi connectivity index (χ4n) is 2.47. The third-order valence-electron chi connectivity index (χ3n) is 3.87. The fourth-order valence-corrected chi connectivity index (χ4v) is 3.24. The van der Waals surface area contributed by atoms with Gasteiger partial charge in [-0.15, -0.1) is 0 Å². The van der Waals surface area contributed by atoms with Crippen LogP contribution in [0.5, 0.6) is 5.75 Å². The Bertz CT molecular complexity index is 820. The fraction of sp³-hybridized carbons (Fsp3) is 0.353. The van der Waals surface area contributed by atoms with Crippen molar-refractivity contribution in [3.8, 4) is 5.75 Å². The number of hydrogen-bond donors (Lipinski definition) is 0. The molecule has 9 heteroatoms. The number of thioether (sulfide) groups is 1. The van der Waals surface area contributed by atoms with E-state index in [-0.39, 0.29) is 40.8 Å². The molecule has 0 unspecified atom stereocenters. The van der Waals surface area contributed by atoms with Crippen molar-refractivity contribution in [1.29, 1.82) is 0 Å². The van der Waals surface area contributed by atoms with Gasteiger partial charge >= 0.3 is 11.4 Å². The summed E-state index contributed by atoms with van der Waals surface area (Å²) in [6, 6.07) is 3.38. The van der Waals surface area contributed by atoms with Gasteiger partial charge in [0.05, 0.1) is 10.6 Å². The van der Waals surface area contributed by atoms with Crippen molar-refractivity contribution in [1.82, 2.24) is 0 Å². The standard InChI is InChI=1S/C17H13F4NO3S/c18-16(19)17(20,21)26-15-7-4-10(9-14(15)25-16)12(23)5-6-13(24)11-3-1-2-8-22-11/h2,4,7-9H,1,3,5-6H2. The molecule has 2 aliphatic rings. The van der Waals surface area contributed by atoms with E-state index in [1.54, 1.807) is 0 Å². The van der Waals surface area contributed by atoms with Gasteiger partial charge in [0.1, 0.15) is 5.75 Å². The smallest absolute Gasteiger partial charge is 0.426 e. The first kappa shape index (κ1) is 18.6. The number of Topliss-reactive ketones (excluding diaryl/α,β-unsaturated/α-hetero) is 2. The second kappa shape index (κ2) is 6.86. The van der Waals surface area contributed by atoms with E-state index in [1.165, 1.54) is 12.3 Å². The minimum atomic E-state index is -4.67. The zero-order chi connectivity index (χ0) is 18.9. The summed E-state index contributed by atoms with van der Waals surface area (Å²) in [6.45, 7) is 0. The van der Waals surface area contributed by atoms with Gasteiger partial charge in [0.2, 0.25) is 0 Å². The number of carbonyl (C=O) groups is 2. The van der Waals surface area contributed by atoms with Crippen molar-refractivity contribution in [2.24, 2.45) is 4.99 Å². The number of fused-ring (bicyclic) bond motifs is 1. The molecule has 138 valence electrons. The highest BCUT2D eigenvalue weighted by molar-refractivity contribution is 8.00. The van der Waals surface area contributed by atoms with Crippen LogP contribution in [0.2, 0.25) is 0 Å². The van der Waals surface area contributed by atoms with Gasteiger partial charge in [-0.25, -0.2) is 0 Å². The molecular weight excluding hydrogens is 374 g/mol. The molecule has 1 aromatic rings. The highest BCUT2D eigenvalue weighted by Crippen LogP contribution is 2.54. The molecule has 0 aromatic heterocycles. The van der Waals surface area contributed by atoms with E-state index in [4.69, 9.17) is 0 Å². The Morgan fingerprint density at radius 3 is 2.58 bits per heavy atom. The molecule has 3 rings (SSSR count). The normalized spacial score (nSPS) is 19.9. The van der Waals surface area contributed by atoms with Crippen LogP contribution in [-0.4, -0.2) is 28.6 Å². The average molecular weight is 387 g/mol. The Balaban J connectivity index is 1.69. The van der Waals surface area contributed by atoms with Crippen molar-refractivity contribution in [2.45, 2.75) is 41.9 Å². The number of nitrogens with zero attached hydrogens (tertiary/aromatic N) is 1. The molecule has 0 saturated carbocycles. The number of aliphatic imine (C=N–C) groups is 1. The predicted octanol–water partition coefficient (Wildman–Crippen LogP) is 4.64. The number of halogens is 4. The van der Waals surface area contributed by atoms with Crippen LogP contribution in [0.4, 0.5) is 17.6 Å². The molecular formula is C17H13F4NO3S. The topological polar surface area (TPSA) is 55.7 Å². The Morgan fingerprint density at radius 2 is 1.88 bits per heavy atom. The van der Waals surface area contributed by atoms with Crippen molar-refractivity contribution in [3.05, 3.63) is 36.0 Å². The molecule has 0 saturated heterocycles. The molecule has 26 heavy (non-hydrogen) atoms. The van der Waals surface area contributed by atoms with E-state index in [2.05, 4.69) is 9.73 Å². The molecule has 2 aliphatic heterocycles. The van der Waals surface area contributed by atoms with Crippen LogP contribution >= 0.6 is 11.8 Å². The molecule has 4 nitrogen and oxygen atoms in total. The van der Waals surface area contributed by atoms with Crippen LogP contribution in [0, 0.1) is 0 Å². The average Bonchev–Trinajstić information content (AvgIpc) is 2.60. The van der Waals surface area contributed by atoms with Crippen LogP contribution in [0.3, 0.4) is 0 Å². The van der Waals surface area contributed by atoms with E-state index in [0.717, 1.165) is 12.1 Å². The van der Waals surface area contributed by atoms with Gasteiger partial charge in [-0.1, -0.05) is 12.1 Å². The van der Waals surface area contributed by atoms with Crippen molar-refractivity contribution < 1.29 is 31.9 Å². The molecule has 2 heterocycles. The molecule has 0 amide bonds. The number of ketones is 2. The van der Waals surface area contributed by atoms with Crippen LogP contribution in [0.25, 0.3) is 0 Å². The zero-order valence-electron chi connectivity index (χ0n) is 13.3. The van der Waals surface area contributed by atoms with Gasteiger partial charge in [-0.05, 0) is 36.7 Å². The molecule has 1 aromatic carbocycles. The monoisotopic (exact) mass is 387 g/mol. The highest BCUT2D eigenvalue weighted by atomic mass is 32.2. The third kappa shape index (κ3) is 3.67. The lowest BCUT2D eigenvalue weighted by atomic mass is 10.0. The maximum atomic E-state index is 13.3. The summed E-state index contributed by atoms with van der Waals surface area (Å²) >= 11 is -0.317. The first-order valence-corrected chi connectivity index (χ1v) is 8.57. The van der Waals surface area contributed by atoms with E-state index in [0.29, 0.717) is 18.6 Å². The molecule has 0 fully saturated rings. The Morgan fingerprint density at radius 1 is 1.15 bits per heavy atom. The number of alkyl halides is 4. The van der Waals surface area contributed by atoms with Gasteiger partial charge in [-0.2, -0.15) is 17.6 Å². The number of hydrogen-bond acceptors (Lipinski definition) is 5. The van der Waals surface area contributed by atoms with E-state index < -0.39 is 22.9 Å². The highest BCUT2D eigenvalue weighted by Gasteiger charge is 2.63. The summed E-state index contributed by atoms with van der Waals surface area (Å²) in [4.78, 5) is 28.0. The largest absolute Gasteiger partial charge is 0.475 e. The molecule has 0 atom stereocenters. The SMILES string of the molecule is O=C(CCC(=O)c1ccc2c(c1)OC(F)(F)C(F)(F)S2)C1=NC=CCC1. The number of benzene rings is 1. The summed E-state index contributed by atoms with van der Waals surface area (Å²) in [5.41, 5.74) is 0.413. The summed E-state index contributed by atoms with van der Waals surface area (Å²) in [7, 11) is 0. The Kier molecular flexibility index (Phi) is 4.92. The first-order chi connectivity index (χ1) is 12.2. The summed E-state index contributed by atoms with van der Waals surface area (Å²) in [5.74, 6) is -1.20. The number of rotatable bonds is 5. The lowest BCUT2D eigenvalue weighted by molar-refractivity contribution is -0.273. The molecule has 0 spiro atoms. The second-order valence-corrected chi connectivity index (χ2v) is 6.90. The van der Waals surface area contributed by atoms with E-state index in [1.807, 2.05) is 6.08 Å². The predicted molar refractivity (Wildman–Crippen MR) is 87.2 cm³/mol. The van der Waals surface area contributed by atoms with Crippen molar-refractivity contribution in [2.75, 3.05) is 0 Å². The van der Waals surface area contributed by atoms with Crippen molar-refractivity contribution in [3.63, 3.8) is 0 Å². The summed E-state index contributed by atoms with van der Waals surface area (Å²) in [5, 5.41) is -4.40. The van der Waals surface area contributed by atoms with Gasteiger partial charge < -0.3 is 4.74 Å². The van der Waals surface area contributed by atoms with Gasteiger partial charge in [-0.3, -0.25) is 14.6 Å². The number of ether oxygens (including phenoxy) is 1. The maximum absolute atomic E-state index is 13.3. The van der Waals surface area contributed by atoms with Crippen LogP contribution in [0.15, 0.2) is 40.4 Å². The maximum Gasteiger partial charge on any atom is 0.475 e. The Hall–Kier alpha value is -2.16. The van der Waals surface area contributed by atoms with Gasteiger partial charge in [0.15, 0.2) is 11.6 Å². The third-order valence-corrected chi connectivity index (χ3v) is 4.92. The first-order valence-electron chi connectivity index (χ1n) is 7.75. The number of allylic oxidation sites excluding steroid dienone is 1. The van der Waals surface area contributed by atoms with Crippen LogP contribution < -0.4 is 4.74 Å². The minimum Gasteiger partial charge on any atom is -0.426 e. The molecule has 0 radical (unpaired) electrons. The molecule has 0 aliphatic carbocycles. The minimum absolute atomic E-state index is 0.0173. The van der Waals surface area contributed by atoms with Crippen LogP contribution in [-0.2, 0) is 4.79 Å². The van der Waals surface area contributed by atoms with Crippen molar-refractivity contribution >= 4 is 29.0 Å². The Labute approximate surface area is 150 Å². The van der Waals surface area contributed by atoms with E-state index >= 15 is 0 Å². The summed E-state index contributed by atoms with van der Waals surface area (Å²) < 4.78 is 57.3. The van der Waals surface area contributed by atoms with Gasteiger partial charge in [0.25, 0.3) is 0 Å². The molecule has 0 bridgehead atoms. The number of carbonyl (C=O) groups excluding carboxylic acids is 2. The quantitative estimate of drug-likeness (QED) is 0.546. The molecule has 0 N–H and O–H groups in total. The zero-order valence-corrected chi connectivity index (χ0v) is 14.1. The van der Waals surface area contributed by atoms with Gasteiger partial charge in [0, 0.05) is 24.6 Å².